The SMILES string of the molecule is O=C(Oc1ccc(C2(c3ccc(OC(=O)c4ccccc4Cl)cc3)c3ccccc3-c3ccccc32)cc1)c1ccccc1Cl. The van der Waals surface area contributed by atoms with Crippen LogP contribution in [0.1, 0.15) is 43.0 Å². The van der Waals surface area contributed by atoms with E-state index in [9.17, 15) is 9.59 Å². The molecule has 0 saturated heterocycles. The zero-order valence-corrected chi connectivity index (χ0v) is 25.3. The molecule has 6 aromatic carbocycles. The van der Waals surface area contributed by atoms with E-state index in [0.717, 1.165) is 33.4 Å². The molecule has 6 heteroatoms. The van der Waals surface area contributed by atoms with Crippen LogP contribution in [0.4, 0.5) is 0 Å². The Hall–Kier alpha value is -5.16. The number of carbonyl (C=O) groups excluding carboxylic acids is 2. The van der Waals surface area contributed by atoms with Crippen molar-refractivity contribution in [1.29, 1.82) is 0 Å². The van der Waals surface area contributed by atoms with Gasteiger partial charge < -0.3 is 9.47 Å². The number of benzene rings is 6. The average Bonchev–Trinajstić information content (AvgIpc) is 3.37. The molecule has 0 fully saturated rings. The van der Waals surface area contributed by atoms with E-state index in [2.05, 4.69) is 24.3 Å². The van der Waals surface area contributed by atoms with Gasteiger partial charge in [-0.25, -0.2) is 9.59 Å². The lowest BCUT2D eigenvalue weighted by molar-refractivity contribution is 0.0725. The minimum absolute atomic E-state index is 0.300. The van der Waals surface area contributed by atoms with Crippen molar-refractivity contribution >= 4 is 35.1 Å². The van der Waals surface area contributed by atoms with Gasteiger partial charge in [0, 0.05) is 0 Å². The van der Waals surface area contributed by atoms with Crippen molar-refractivity contribution in [2.75, 3.05) is 0 Å². The number of rotatable bonds is 6. The number of ether oxygens (including phenoxy) is 2. The van der Waals surface area contributed by atoms with Gasteiger partial charge in [-0.05, 0) is 81.9 Å². The molecule has 0 bridgehead atoms. The van der Waals surface area contributed by atoms with Crippen LogP contribution in [-0.4, -0.2) is 11.9 Å². The third kappa shape index (κ3) is 4.98. The number of esters is 2. The summed E-state index contributed by atoms with van der Waals surface area (Å²) in [4.78, 5) is 25.7. The maximum atomic E-state index is 12.9. The second kappa shape index (κ2) is 11.7. The van der Waals surface area contributed by atoms with Gasteiger partial charge in [0.15, 0.2) is 0 Å². The summed E-state index contributed by atoms with van der Waals surface area (Å²) in [6, 6.07) is 45.5. The Balaban J connectivity index is 1.30. The summed E-state index contributed by atoms with van der Waals surface area (Å²) in [5, 5.41) is 0.663. The Morgan fingerprint density at radius 1 is 0.444 bits per heavy atom. The van der Waals surface area contributed by atoms with E-state index >= 15 is 0 Å². The lowest BCUT2D eigenvalue weighted by Crippen LogP contribution is -2.28. The largest absolute Gasteiger partial charge is 0.423 e. The van der Waals surface area contributed by atoms with Gasteiger partial charge in [-0.3, -0.25) is 0 Å². The molecule has 7 rings (SSSR count). The van der Waals surface area contributed by atoms with Crippen molar-refractivity contribution in [3.8, 4) is 22.6 Å². The Morgan fingerprint density at radius 2 is 0.800 bits per heavy atom. The van der Waals surface area contributed by atoms with Gasteiger partial charge >= 0.3 is 11.9 Å². The number of fused-ring (bicyclic) bond motifs is 3. The third-order valence-corrected chi connectivity index (χ3v) is 8.79. The summed E-state index contributed by atoms with van der Waals surface area (Å²) in [7, 11) is 0. The molecular formula is C39H24Cl2O4. The number of halogens is 2. The molecule has 4 nitrogen and oxygen atoms in total. The molecule has 0 amide bonds. The van der Waals surface area contributed by atoms with Gasteiger partial charge in [0.1, 0.15) is 11.5 Å². The molecule has 1 aliphatic rings. The van der Waals surface area contributed by atoms with Crippen LogP contribution in [0.3, 0.4) is 0 Å². The maximum absolute atomic E-state index is 12.9. The molecule has 0 N–H and O–H groups in total. The van der Waals surface area contributed by atoms with Crippen LogP contribution in [0.2, 0.25) is 10.0 Å². The highest BCUT2D eigenvalue weighted by Crippen LogP contribution is 2.56. The molecule has 6 aromatic rings. The van der Waals surface area contributed by atoms with Crippen molar-refractivity contribution in [3.63, 3.8) is 0 Å². The zero-order valence-electron chi connectivity index (χ0n) is 23.7. The monoisotopic (exact) mass is 626 g/mol. The third-order valence-electron chi connectivity index (χ3n) is 8.14. The fourth-order valence-electron chi connectivity index (χ4n) is 6.15. The van der Waals surface area contributed by atoms with Crippen molar-refractivity contribution in [2.45, 2.75) is 5.41 Å². The van der Waals surface area contributed by atoms with Gasteiger partial charge in [-0.1, -0.05) is 120 Å². The van der Waals surface area contributed by atoms with E-state index in [-0.39, 0.29) is 0 Å². The van der Waals surface area contributed by atoms with E-state index in [1.165, 1.54) is 0 Å². The molecule has 0 aliphatic heterocycles. The first-order chi connectivity index (χ1) is 22.0. The molecule has 0 spiro atoms. The minimum atomic E-state index is -0.691. The van der Waals surface area contributed by atoms with Crippen molar-refractivity contribution < 1.29 is 19.1 Å². The van der Waals surface area contributed by atoms with Gasteiger partial charge in [-0.15, -0.1) is 0 Å². The smallest absolute Gasteiger partial charge is 0.345 e. The Kier molecular flexibility index (Phi) is 7.46. The lowest BCUT2D eigenvalue weighted by Gasteiger charge is -2.34. The fourth-order valence-corrected chi connectivity index (χ4v) is 6.57. The highest BCUT2D eigenvalue weighted by atomic mass is 35.5. The molecule has 218 valence electrons. The van der Waals surface area contributed by atoms with Crippen molar-refractivity contribution in [3.05, 3.63) is 189 Å². The van der Waals surface area contributed by atoms with E-state index in [4.69, 9.17) is 32.7 Å². The minimum Gasteiger partial charge on any atom is -0.423 e. The normalized spacial score (nSPS) is 12.6. The van der Waals surface area contributed by atoms with Crippen LogP contribution >= 0.6 is 23.2 Å². The average molecular weight is 628 g/mol. The molecule has 0 atom stereocenters. The van der Waals surface area contributed by atoms with Crippen molar-refractivity contribution in [2.24, 2.45) is 0 Å². The molecule has 0 radical (unpaired) electrons. The first kappa shape index (κ1) is 28.6. The highest BCUT2D eigenvalue weighted by molar-refractivity contribution is 6.34. The number of carbonyl (C=O) groups is 2. The molecule has 1 aliphatic carbocycles. The van der Waals surface area contributed by atoms with E-state index in [1.54, 1.807) is 72.8 Å². The van der Waals surface area contributed by atoms with Crippen LogP contribution in [-0.2, 0) is 5.41 Å². The molecular weight excluding hydrogens is 603 g/mol. The second-order valence-electron chi connectivity index (χ2n) is 10.6. The van der Waals surface area contributed by atoms with E-state index in [1.807, 2.05) is 48.5 Å². The summed E-state index contributed by atoms with van der Waals surface area (Å²) < 4.78 is 11.4. The Morgan fingerprint density at radius 3 is 1.20 bits per heavy atom. The predicted octanol–water partition coefficient (Wildman–Crippen LogP) is 9.79. The zero-order chi connectivity index (χ0) is 31.0. The standard InChI is InChI=1S/C39H24Cl2O4/c40-35-15-7-3-11-31(35)37(42)44-27-21-17-25(18-22-27)39(33-13-5-1-9-29(33)30-10-2-6-14-34(30)39)26-19-23-28(24-20-26)45-38(43)32-12-4-8-16-36(32)41/h1-24H. The predicted molar refractivity (Wildman–Crippen MR) is 177 cm³/mol. The van der Waals surface area contributed by atoms with E-state index in [0.29, 0.717) is 32.7 Å². The van der Waals surface area contributed by atoms with Crippen LogP contribution in [0.5, 0.6) is 11.5 Å². The first-order valence-corrected chi connectivity index (χ1v) is 15.1. The van der Waals surface area contributed by atoms with Crippen molar-refractivity contribution in [1.82, 2.24) is 0 Å². The Bertz CT molecular complexity index is 1920. The molecule has 0 aromatic heterocycles. The molecule has 0 saturated carbocycles. The van der Waals surface area contributed by atoms with Crippen LogP contribution < -0.4 is 9.47 Å². The van der Waals surface area contributed by atoms with Gasteiger partial charge in [0.05, 0.1) is 26.6 Å². The summed E-state index contributed by atoms with van der Waals surface area (Å²) in [6.07, 6.45) is 0. The van der Waals surface area contributed by atoms with Gasteiger partial charge in [0.2, 0.25) is 0 Å². The molecule has 45 heavy (non-hydrogen) atoms. The van der Waals surface area contributed by atoms with Gasteiger partial charge in [-0.2, -0.15) is 0 Å². The van der Waals surface area contributed by atoms with Crippen LogP contribution in [0.25, 0.3) is 11.1 Å². The summed E-state index contributed by atoms with van der Waals surface area (Å²) in [5.74, 6) is -0.247. The fraction of sp³-hybridized carbons (Fsp3) is 0.0256. The number of hydrogen-bond donors (Lipinski definition) is 0. The number of hydrogen-bond acceptors (Lipinski definition) is 4. The molecule has 0 heterocycles. The summed E-state index contributed by atoms with van der Waals surface area (Å²) >= 11 is 12.4. The highest BCUT2D eigenvalue weighted by Gasteiger charge is 2.45. The van der Waals surface area contributed by atoms with Crippen LogP contribution in [0.15, 0.2) is 146 Å². The quantitative estimate of drug-likeness (QED) is 0.136. The van der Waals surface area contributed by atoms with Crippen LogP contribution in [0, 0.1) is 0 Å². The first-order valence-electron chi connectivity index (χ1n) is 14.3. The Labute approximate surface area is 270 Å². The molecule has 0 unspecified atom stereocenters. The van der Waals surface area contributed by atoms with E-state index < -0.39 is 17.4 Å². The second-order valence-corrected chi connectivity index (χ2v) is 11.4. The topological polar surface area (TPSA) is 52.6 Å². The summed E-state index contributed by atoms with van der Waals surface area (Å²) in [5.41, 5.74) is 6.39. The lowest BCUT2D eigenvalue weighted by atomic mass is 9.68. The van der Waals surface area contributed by atoms with Gasteiger partial charge in [0.25, 0.3) is 0 Å². The maximum Gasteiger partial charge on any atom is 0.345 e. The summed E-state index contributed by atoms with van der Waals surface area (Å²) in [6.45, 7) is 0.